The molecule has 0 aromatic carbocycles. The molecule has 150 valence electrons. The molecule has 2 amide bonds. The van der Waals surface area contributed by atoms with Gasteiger partial charge in [0, 0.05) is 11.7 Å². The Morgan fingerprint density at radius 3 is 2.46 bits per heavy atom. The number of nitrogens with zero attached hydrogens (tertiary/aromatic N) is 1. The van der Waals surface area contributed by atoms with Crippen molar-refractivity contribution in [3.8, 4) is 0 Å². The quantitative estimate of drug-likeness (QED) is 0.457. The van der Waals surface area contributed by atoms with Crippen LogP contribution in [0.25, 0.3) is 0 Å². The van der Waals surface area contributed by atoms with Crippen molar-refractivity contribution < 1.29 is 27.6 Å². The Balaban J connectivity index is 0.000000345. The van der Waals surface area contributed by atoms with E-state index in [4.69, 9.17) is 0 Å². The van der Waals surface area contributed by atoms with Gasteiger partial charge in [-0.15, -0.1) is 11.3 Å². The first-order chi connectivity index (χ1) is 12.9. The number of fused-ring (bicyclic) bond motifs is 1. The molecule has 28 heavy (non-hydrogen) atoms. The number of anilines is 1. The van der Waals surface area contributed by atoms with Gasteiger partial charge in [0.2, 0.25) is 12.3 Å². The van der Waals surface area contributed by atoms with E-state index in [1.54, 1.807) is 17.5 Å². The minimum absolute atomic E-state index is 0.0337. The molecular weight excluding hydrogens is 395 g/mol. The van der Waals surface area contributed by atoms with Gasteiger partial charge in [0.15, 0.2) is 5.78 Å². The van der Waals surface area contributed by atoms with Crippen LogP contribution in [0.1, 0.15) is 47.6 Å². The molecule has 2 aromatic heterocycles. The van der Waals surface area contributed by atoms with Crippen LogP contribution in [0, 0.1) is 0 Å². The van der Waals surface area contributed by atoms with Crippen molar-refractivity contribution >= 4 is 35.1 Å². The normalized spacial score (nSPS) is 15.8. The summed E-state index contributed by atoms with van der Waals surface area (Å²) in [6, 6.07) is 4.01. The molecule has 0 spiro atoms. The molecule has 2 N–H and O–H groups in total. The fourth-order valence-corrected chi connectivity index (χ4v) is 2.97. The zero-order chi connectivity index (χ0) is 21.1. The lowest BCUT2D eigenvalue weighted by molar-refractivity contribution is -0.137. The summed E-state index contributed by atoms with van der Waals surface area (Å²) >= 11 is 1.16. The fraction of sp³-hybridized carbons (Fsp3) is 0.333. The van der Waals surface area contributed by atoms with E-state index in [-0.39, 0.29) is 16.9 Å². The predicted molar refractivity (Wildman–Crippen MR) is 98.2 cm³/mol. The van der Waals surface area contributed by atoms with E-state index in [2.05, 4.69) is 15.6 Å². The monoisotopic (exact) mass is 413 g/mol. The number of ketones is 1. The second-order valence-electron chi connectivity index (χ2n) is 6.93. The number of amides is 2. The number of carbonyl (C=O) groups is 3. The second kappa shape index (κ2) is 8.09. The minimum atomic E-state index is -4.55. The maximum Gasteiger partial charge on any atom is 0.417 e. The number of thiophene rings is 1. The van der Waals surface area contributed by atoms with Crippen LogP contribution in [-0.4, -0.2) is 28.6 Å². The molecule has 0 saturated heterocycles. The maximum absolute atomic E-state index is 12.6. The summed E-state index contributed by atoms with van der Waals surface area (Å²) in [5, 5.41) is 6.57. The van der Waals surface area contributed by atoms with Gasteiger partial charge in [0.05, 0.1) is 21.8 Å². The second-order valence-corrected chi connectivity index (χ2v) is 7.88. The summed E-state index contributed by atoms with van der Waals surface area (Å²) in [5.41, 5.74) is -1.07. The number of halogens is 3. The largest absolute Gasteiger partial charge is 0.417 e. The van der Waals surface area contributed by atoms with Gasteiger partial charge in [-0.05, 0) is 38.3 Å². The molecule has 3 heterocycles. The molecule has 0 saturated carbocycles. The number of carbonyl (C=O) groups excluding carboxylic acids is 3. The van der Waals surface area contributed by atoms with Crippen LogP contribution in [0.15, 0.2) is 29.8 Å². The first-order valence-corrected chi connectivity index (χ1v) is 8.99. The van der Waals surface area contributed by atoms with Gasteiger partial charge in [-0.1, -0.05) is 6.07 Å². The van der Waals surface area contributed by atoms with E-state index in [1.807, 2.05) is 20.8 Å². The van der Waals surface area contributed by atoms with Gasteiger partial charge in [-0.3, -0.25) is 19.4 Å². The highest BCUT2D eigenvalue weighted by atomic mass is 32.1. The van der Waals surface area contributed by atoms with Gasteiger partial charge in [0.1, 0.15) is 5.92 Å². The third kappa shape index (κ3) is 5.16. The smallest absolute Gasteiger partial charge is 0.354 e. The van der Waals surface area contributed by atoms with E-state index < -0.39 is 29.3 Å². The van der Waals surface area contributed by atoms with E-state index in [1.165, 1.54) is 0 Å². The van der Waals surface area contributed by atoms with Crippen molar-refractivity contribution in [3.05, 3.63) is 45.9 Å². The van der Waals surface area contributed by atoms with Crippen molar-refractivity contribution in [2.75, 3.05) is 5.32 Å². The Morgan fingerprint density at radius 2 is 2.00 bits per heavy atom. The highest BCUT2D eigenvalue weighted by Crippen LogP contribution is 2.38. The van der Waals surface area contributed by atoms with Crippen LogP contribution in [0.3, 0.4) is 0 Å². The molecule has 0 bridgehead atoms. The fourth-order valence-electron chi connectivity index (χ4n) is 2.27. The molecule has 6 nitrogen and oxygen atoms in total. The summed E-state index contributed by atoms with van der Waals surface area (Å²) < 4.78 is 37.8. The Morgan fingerprint density at radius 1 is 1.32 bits per heavy atom. The number of Topliss-reactive ketones (excluding diaryl/α,β-unsaturated/α-hetero) is 1. The lowest BCUT2D eigenvalue weighted by Gasteiger charge is -2.15. The lowest BCUT2D eigenvalue weighted by Crippen LogP contribution is -2.34. The van der Waals surface area contributed by atoms with Crippen molar-refractivity contribution in [2.45, 2.75) is 38.4 Å². The third-order valence-electron chi connectivity index (χ3n) is 3.56. The molecule has 1 atom stereocenters. The van der Waals surface area contributed by atoms with Gasteiger partial charge in [0.25, 0.3) is 0 Å². The van der Waals surface area contributed by atoms with Gasteiger partial charge < -0.3 is 10.6 Å². The Bertz CT molecular complexity index is 874. The summed E-state index contributed by atoms with van der Waals surface area (Å²) in [6.45, 7) is 5.80. The standard InChI is InChI=1S/C13H7F3N2O2S.C5H11NO/c14-13(15,16)6-4-7-10(17-5-6)9(12(20)18-7)11(19)8-2-1-3-21-8;1-5(2,3)6-4-7/h1-5,9H,(H,18,20);4H,1-3H3,(H,6,7). The molecule has 0 aliphatic carbocycles. The van der Waals surface area contributed by atoms with Crippen LogP contribution in [0.2, 0.25) is 0 Å². The van der Waals surface area contributed by atoms with E-state index in [9.17, 15) is 27.6 Å². The summed E-state index contributed by atoms with van der Waals surface area (Å²) in [4.78, 5) is 37.9. The van der Waals surface area contributed by atoms with Gasteiger partial charge in [-0.2, -0.15) is 13.2 Å². The van der Waals surface area contributed by atoms with Crippen molar-refractivity contribution in [2.24, 2.45) is 0 Å². The lowest BCUT2D eigenvalue weighted by atomic mass is 9.99. The van der Waals surface area contributed by atoms with Crippen molar-refractivity contribution in [3.63, 3.8) is 0 Å². The maximum atomic E-state index is 12.6. The number of alkyl halides is 3. The molecule has 1 aliphatic heterocycles. The number of hydrogen-bond donors (Lipinski definition) is 2. The molecule has 0 fully saturated rings. The SMILES string of the molecule is CC(C)(C)NC=O.O=C1Nc2cc(C(F)(F)F)cnc2C1C(=O)c1cccs1. The Labute approximate surface area is 163 Å². The van der Waals surface area contributed by atoms with Crippen molar-refractivity contribution in [1.82, 2.24) is 10.3 Å². The molecule has 1 aliphatic rings. The van der Waals surface area contributed by atoms with Crippen LogP contribution in [0.5, 0.6) is 0 Å². The highest BCUT2D eigenvalue weighted by molar-refractivity contribution is 7.12. The zero-order valence-corrected chi connectivity index (χ0v) is 16.1. The zero-order valence-electron chi connectivity index (χ0n) is 15.3. The minimum Gasteiger partial charge on any atom is -0.354 e. The van der Waals surface area contributed by atoms with E-state index >= 15 is 0 Å². The van der Waals surface area contributed by atoms with Gasteiger partial charge in [-0.25, -0.2) is 0 Å². The van der Waals surface area contributed by atoms with E-state index in [0.29, 0.717) is 17.5 Å². The highest BCUT2D eigenvalue weighted by Gasteiger charge is 2.41. The predicted octanol–water partition coefficient (Wildman–Crippen LogP) is 3.61. The summed E-state index contributed by atoms with van der Waals surface area (Å²) in [5.74, 6) is -2.32. The van der Waals surface area contributed by atoms with Gasteiger partial charge >= 0.3 is 6.18 Å². The number of rotatable bonds is 3. The van der Waals surface area contributed by atoms with E-state index in [0.717, 1.165) is 17.4 Å². The first-order valence-electron chi connectivity index (χ1n) is 8.11. The Hall–Kier alpha value is -2.75. The van der Waals surface area contributed by atoms with Crippen LogP contribution >= 0.6 is 11.3 Å². The van der Waals surface area contributed by atoms with Crippen LogP contribution < -0.4 is 10.6 Å². The molecule has 1 unspecified atom stereocenters. The molecule has 0 radical (unpaired) electrons. The molecule has 3 rings (SSSR count). The molecule has 10 heteroatoms. The topological polar surface area (TPSA) is 88.2 Å². The third-order valence-corrected chi connectivity index (χ3v) is 4.44. The number of pyridine rings is 1. The average Bonchev–Trinajstić information content (AvgIpc) is 3.19. The van der Waals surface area contributed by atoms with Crippen molar-refractivity contribution in [1.29, 1.82) is 0 Å². The average molecular weight is 413 g/mol. The van der Waals surface area contributed by atoms with Crippen LogP contribution in [0.4, 0.5) is 18.9 Å². The molecule has 2 aromatic rings. The number of nitrogens with one attached hydrogen (secondary N) is 2. The summed E-state index contributed by atoms with van der Waals surface area (Å²) in [7, 11) is 0. The number of hydrogen-bond acceptors (Lipinski definition) is 5. The summed E-state index contributed by atoms with van der Waals surface area (Å²) in [6.07, 6.45) is -3.21. The number of aromatic nitrogens is 1. The Kier molecular flexibility index (Phi) is 6.23. The first kappa shape index (κ1) is 21.5. The van der Waals surface area contributed by atoms with Crippen LogP contribution in [-0.2, 0) is 15.8 Å². The molecular formula is C18H18F3N3O3S.